The molecule has 4 heterocycles. The van der Waals surface area contributed by atoms with Gasteiger partial charge in [-0.15, -0.1) is 0 Å². The summed E-state index contributed by atoms with van der Waals surface area (Å²) in [5.41, 5.74) is 0. The number of carboxylic acids is 2. The first kappa shape index (κ1) is 42.3. The smallest absolute Gasteiger partial charge is 0.249 e. The highest BCUT2D eigenvalue weighted by atomic mass is 16.7. The lowest BCUT2D eigenvalue weighted by Gasteiger charge is -2.49. The zero-order valence-electron chi connectivity index (χ0n) is 28.6. The fraction of sp³-hybridized carbons (Fsp3) is 0.871. The van der Waals surface area contributed by atoms with E-state index in [1.807, 2.05) is 0 Å². The summed E-state index contributed by atoms with van der Waals surface area (Å²) in [6, 6.07) is 0. The molecule has 21 heteroatoms. The molecule has 20 unspecified atom stereocenters. The van der Waals surface area contributed by atoms with Crippen molar-refractivity contribution in [2.45, 2.75) is 130 Å². The molecule has 4 aliphatic rings. The Bertz CT molecular complexity index is 1270. The summed E-state index contributed by atoms with van der Waals surface area (Å²) in [6.07, 6.45) is -30.9. The Hall–Kier alpha value is -2.48. The lowest BCUT2D eigenvalue weighted by Crippen LogP contribution is -2.65. The standard InChI is InChI=1S/C31H49NO20/c1-8(33)23-9(17(36)22(41)31(48-4)52-23)5-12-18(37)15(34)10(24(49-12)28(42)32-2)6-13-19(38)16(35)11(25(50-13)29(43)44)7-14-20(39)21(40)26(47-3)27(51-14)30(45)46/h9-27,31,34-41H,5-7H2,1-4H3,(H,32,42)(H,43,44)(H,45,46)/p-2. The minimum absolute atomic E-state index is 0.416. The number of aliphatic hydroxyl groups excluding tert-OH is 8. The lowest BCUT2D eigenvalue weighted by atomic mass is 9.75. The molecule has 4 rings (SSSR count). The van der Waals surface area contributed by atoms with Crippen LogP contribution in [0.25, 0.3) is 0 Å². The van der Waals surface area contributed by atoms with E-state index in [0.717, 1.165) is 14.0 Å². The Morgan fingerprint density at radius 3 is 1.38 bits per heavy atom. The van der Waals surface area contributed by atoms with Gasteiger partial charge in [0, 0.05) is 39.0 Å². The van der Waals surface area contributed by atoms with Crippen LogP contribution in [0.4, 0.5) is 0 Å². The van der Waals surface area contributed by atoms with Crippen molar-refractivity contribution in [3.8, 4) is 0 Å². The van der Waals surface area contributed by atoms with Gasteiger partial charge in [-0.2, -0.15) is 0 Å². The van der Waals surface area contributed by atoms with E-state index in [0.29, 0.717) is 0 Å². The SMILES string of the molecule is CNC(=O)C1OC(CC2C(C(C)=O)OC(OC)C(O)C2O)C(O)C(O)C1CC1OC(C(=O)[O-])C(CC2OC(C(=O)[O-])C(OC)C(O)C2O)C(O)C1O. The van der Waals surface area contributed by atoms with Crippen molar-refractivity contribution in [3.05, 3.63) is 0 Å². The van der Waals surface area contributed by atoms with E-state index in [1.165, 1.54) is 14.2 Å². The molecule has 0 aromatic heterocycles. The zero-order chi connectivity index (χ0) is 38.9. The van der Waals surface area contributed by atoms with Crippen molar-refractivity contribution in [1.82, 2.24) is 5.32 Å². The largest absolute Gasteiger partial charge is 0.547 e. The number of hydrogen-bond acceptors (Lipinski definition) is 20. The van der Waals surface area contributed by atoms with Gasteiger partial charge in [-0.3, -0.25) is 9.59 Å². The van der Waals surface area contributed by atoms with Gasteiger partial charge in [-0.05, 0) is 26.2 Å². The molecule has 20 atom stereocenters. The molecular weight excluding hydrogens is 706 g/mol. The lowest BCUT2D eigenvalue weighted by molar-refractivity contribution is -0.340. The van der Waals surface area contributed by atoms with Crippen LogP contribution in [-0.4, -0.2) is 190 Å². The summed E-state index contributed by atoms with van der Waals surface area (Å²) in [5.74, 6) is -9.41. The van der Waals surface area contributed by atoms with E-state index < -0.39 is 165 Å². The summed E-state index contributed by atoms with van der Waals surface area (Å²) in [5, 5.41) is 113. The molecule has 298 valence electrons. The molecule has 4 fully saturated rings. The van der Waals surface area contributed by atoms with Gasteiger partial charge in [-0.25, -0.2) is 0 Å². The average molecular weight is 754 g/mol. The highest BCUT2D eigenvalue weighted by Gasteiger charge is 2.55. The average Bonchev–Trinajstić information content (AvgIpc) is 3.10. The molecule has 4 aliphatic heterocycles. The fourth-order valence-electron chi connectivity index (χ4n) is 7.76. The second kappa shape index (κ2) is 17.3. The Labute approximate surface area is 296 Å². The number of carboxylic acid groups (broad SMARTS) is 2. The van der Waals surface area contributed by atoms with Gasteiger partial charge in [0.25, 0.3) is 0 Å². The van der Waals surface area contributed by atoms with Crippen LogP contribution in [0.1, 0.15) is 26.2 Å². The molecule has 9 N–H and O–H groups in total. The maximum atomic E-state index is 13.1. The van der Waals surface area contributed by atoms with Gasteiger partial charge >= 0.3 is 0 Å². The van der Waals surface area contributed by atoms with Crippen LogP contribution < -0.4 is 15.5 Å². The quantitative estimate of drug-likeness (QED) is 0.0893. The van der Waals surface area contributed by atoms with Gasteiger partial charge in [0.1, 0.15) is 61.0 Å². The molecule has 0 saturated carbocycles. The number of aliphatic carboxylic acids is 2. The van der Waals surface area contributed by atoms with Crippen molar-refractivity contribution in [2.75, 3.05) is 21.3 Å². The van der Waals surface area contributed by atoms with Crippen LogP contribution in [0.5, 0.6) is 0 Å². The first-order valence-corrected chi connectivity index (χ1v) is 16.7. The molecule has 4 saturated heterocycles. The number of carbonyl (C=O) groups excluding carboxylic acids is 4. The highest BCUT2D eigenvalue weighted by molar-refractivity contribution is 5.81. The molecule has 0 bridgehead atoms. The molecule has 0 spiro atoms. The molecule has 0 aromatic rings. The zero-order valence-corrected chi connectivity index (χ0v) is 28.6. The molecule has 52 heavy (non-hydrogen) atoms. The van der Waals surface area contributed by atoms with E-state index in [-0.39, 0.29) is 0 Å². The summed E-state index contributed by atoms with van der Waals surface area (Å²) >= 11 is 0. The first-order chi connectivity index (χ1) is 24.4. The maximum Gasteiger partial charge on any atom is 0.249 e. The normalized spacial score (nSPS) is 47.0. The molecule has 0 aliphatic carbocycles. The maximum absolute atomic E-state index is 13.1. The van der Waals surface area contributed by atoms with Crippen molar-refractivity contribution < 1.29 is 98.7 Å². The van der Waals surface area contributed by atoms with Gasteiger partial charge in [0.2, 0.25) is 5.91 Å². The van der Waals surface area contributed by atoms with Crippen LogP contribution >= 0.6 is 0 Å². The number of carbonyl (C=O) groups is 4. The van der Waals surface area contributed by atoms with Crippen molar-refractivity contribution in [3.63, 3.8) is 0 Å². The summed E-state index contributed by atoms with van der Waals surface area (Å²) in [6.45, 7) is 1.16. The third-order valence-electron chi connectivity index (χ3n) is 10.6. The number of amides is 1. The van der Waals surface area contributed by atoms with Crippen molar-refractivity contribution in [2.24, 2.45) is 17.8 Å². The fourth-order valence-corrected chi connectivity index (χ4v) is 7.76. The molecule has 0 aromatic carbocycles. The van der Waals surface area contributed by atoms with Gasteiger partial charge < -0.3 is 94.4 Å². The van der Waals surface area contributed by atoms with E-state index in [4.69, 9.17) is 28.4 Å². The Morgan fingerprint density at radius 2 is 0.962 bits per heavy atom. The van der Waals surface area contributed by atoms with E-state index in [9.17, 15) is 70.2 Å². The van der Waals surface area contributed by atoms with Crippen LogP contribution in [0, 0.1) is 17.8 Å². The van der Waals surface area contributed by atoms with Crippen LogP contribution in [0.3, 0.4) is 0 Å². The summed E-state index contributed by atoms with van der Waals surface area (Å²) in [7, 11) is 3.46. The molecular formula is C31H47NO20-2. The predicted molar refractivity (Wildman–Crippen MR) is 160 cm³/mol. The van der Waals surface area contributed by atoms with Crippen LogP contribution in [-0.2, 0) is 47.6 Å². The Balaban J connectivity index is 1.54. The predicted octanol–water partition coefficient (Wildman–Crippen LogP) is -8.58. The topological polar surface area (TPSA) is 344 Å². The monoisotopic (exact) mass is 753 g/mol. The van der Waals surface area contributed by atoms with Crippen molar-refractivity contribution in [1.29, 1.82) is 0 Å². The van der Waals surface area contributed by atoms with E-state index in [2.05, 4.69) is 5.32 Å². The number of ketones is 1. The second-order valence-electron chi connectivity index (χ2n) is 13.6. The molecule has 21 nitrogen and oxygen atoms in total. The number of methoxy groups -OCH3 is 2. The molecule has 0 radical (unpaired) electrons. The number of rotatable bonds is 12. The number of ether oxygens (including phenoxy) is 6. The second-order valence-corrected chi connectivity index (χ2v) is 13.6. The number of nitrogens with one attached hydrogen (secondary N) is 1. The number of hydrogen-bond donors (Lipinski definition) is 9. The van der Waals surface area contributed by atoms with E-state index in [1.54, 1.807) is 0 Å². The van der Waals surface area contributed by atoms with Crippen LogP contribution in [0.2, 0.25) is 0 Å². The van der Waals surface area contributed by atoms with Gasteiger partial charge in [-0.1, -0.05) is 0 Å². The number of Topliss-reactive ketones (excluding diaryl/α,β-unsaturated/α-hetero) is 1. The molecule has 1 amide bonds. The van der Waals surface area contributed by atoms with E-state index >= 15 is 0 Å². The third kappa shape index (κ3) is 8.27. The number of likely N-dealkylation sites (N-methyl/N-ethyl adjacent to an activating group) is 1. The first-order valence-electron chi connectivity index (χ1n) is 16.7. The van der Waals surface area contributed by atoms with Crippen molar-refractivity contribution >= 4 is 23.6 Å². The Kier molecular flexibility index (Phi) is 14.1. The minimum atomic E-state index is -2.06. The third-order valence-corrected chi connectivity index (χ3v) is 10.6. The number of aliphatic hydroxyl groups is 8. The summed E-state index contributed by atoms with van der Waals surface area (Å²) < 4.78 is 32.2. The summed E-state index contributed by atoms with van der Waals surface area (Å²) in [4.78, 5) is 49.4. The Morgan fingerprint density at radius 1 is 0.558 bits per heavy atom. The minimum Gasteiger partial charge on any atom is -0.547 e. The highest BCUT2D eigenvalue weighted by Crippen LogP contribution is 2.40. The van der Waals surface area contributed by atoms with Crippen LogP contribution in [0.15, 0.2) is 0 Å². The van der Waals surface area contributed by atoms with Gasteiger partial charge in [0.05, 0.1) is 48.6 Å². The van der Waals surface area contributed by atoms with Gasteiger partial charge in [0.15, 0.2) is 12.1 Å².